The van der Waals surface area contributed by atoms with Crippen molar-refractivity contribution in [2.75, 3.05) is 6.54 Å². The van der Waals surface area contributed by atoms with Crippen molar-refractivity contribution in [3.63, 3.8) is 0 Å². The molecular formula is C16H20N2S. The summed E-state index contributed by atoms with van der Waals surface area (Å²) < 4.78 is 0. The zero-order valence-corrected chi connectivity index (χ0v) is 12.2. The molecule has 0 saturated carbocycles. The number of nitrogens with zero attached hydrogens (tertiary/aromatic N) is 1. The van der Waals surface area contributed by atoms with Gasteiger partial charge in [0.15, 0.2) is 0 Å². The number of aryl methyl sites for hydroxylation is 1. The third-order valence-electron chi connectivity index (χ3n) is 3.79. The van der Waals surface area contributed by atoms with Crippen molar-refractivity contribution in [1.29, 1.82) is 0 Å². The fraction of sp³-hybridized carbons (Fsp3) is 0.438. The number of benzene rings is 1. The summed E-state index contributed by atoms with van der Waals surface area (Å²) in [6.45, 7) is 3.35. The van der Waals surface area contributed by atoms with Gasteiger partial charge in [-0.05, 0) is 31.4 Å². The van der Waals surface area contributed by atoms with Crippen LogP contribution in [-0.4, -0.2) is 17.6 Å². The van der Waals surface area contributed by atoms with Crippen LogP contribution in [0, 0.1) is 0 Å². The maximum atomic E-state index is 4.78. The molecule has 1 unspecified atom stereocenters. The van der Waals surface area contributed by atoms with Crippen LogP contribution in [0.2, 0.25) is 0 Å². The number of hydrogen-bond donors (Lipinski definition) is 1. The molecule has 3 heteroatoms. The molecule has 1 atom stereocenters. The van der Waals surface area contributed by atoms with Gasteiger partial charge in [0.2, 0.25) is 0 Å². The van der Waals surface area contributed by atoms with E-state index in [1.165, 1.54) is 35.5 Å². The van der Waals surface area contributed by atoms with Gasteiger partial charge in [-0.15, -0.1) is 11.3 Å². The summed E-state index contributed by atoms with van der Waals surface area (Å²) in [5.74, 6) is 0. The van der Waals surface area contributed by atoms with Gasteiger partial charge in [-0.1, -0.05) is 31.2 Å². The van der Waals surface area contributed by atoms with Gasteiger partial charge in [0.05, 0.1) is 10.7 Å². The second kappa shape index (κ2) is 5.85. The van der Waals surface area contributed by atoms with Gasteiger partial charge in [0, 0.05) is 23.4 Å². The summed E-state index contributed by atoms with van der Waals surface area (Å²) in [6.07, 6.45) is 4.77. The number of nitrogens with one attached hydrogen (secondary N) is 1. The van der Waals surface area contributed by atoms with Gasteiger partial charge in [0.1, 0.15) is 0 Å². The maximum absolute atomic E-state index is 4.78. The molecule has 1 aromatic carbocycles. The Bertz CT molecular complexity index is 524. The van der Waals surface area contributed by atoms with Gasteiger partial charge in [-0.25, -0.2) is 4.98 Å². The van der Waals surface area contributed by atoms with E-state index in [2.05, 4.69) is 41.9 Å². The van der Waals surface area contributed by atoms with E-state index in [4.69, 9.17) is 4.98 Å². The van der Waals surface area contributed by atoms with E-state index in [-0.39, 0.29) is 0 Å². The van der Waals surface area contributed by atoms with E-state index in [0.717, 1.165) is 18.5 Å². The van der Waals surface area contributed by atoms with Crippen molar-refractivity contribution in [2.45, 2.75) is 38.6 Å². The van der Waals surface area contributed by atoms with Crippen molar-refractivity contribution in [2.24, 2.45) is 0 Å². The van der Waals surface area contributed by atoms with E-state index in [9.17, 15) is 0 Å². The minimum absolute atomic E-state index is 0.640. The summed E-state index contributed by atoms with van der Waals surface area (Å²) in [7, 11) is 0. The summed E-state index contributed by atoms with van der Waals surface area (Å²) >= 11 is 1.79. The summed E-state index contributed by atoms with van der Waals surface area (Å²) in [6, 6.07) is 9.41. The lowest BCUT2D eigenvalue weighted by Gasteiger charge is -2.06. The molecule has 1 aliphatic rings. The Balaban J connectivity index is 1.72. The van der Waals surface area contributed by atoms with Gasteiger partial charge in [-0.2, -0.15) is 0 Å². The minimum Gasteiger partial charge on any atom is -0.314 e. The average Bonchev–Trinajstić information content (AvgIpc) is 3.11. The highest BCUT2D eigenvalue weighted by Crippen LogP contribution is 2.24. The Kier molecular flexibility index (Phi) is 3.95. The van der Waals surface area contributed by atoms with Crippen LogP contribution in [0.15, 0.2) is 29.6 Å². The summed E-state index contributed by atoms with van der Waals surface area (Å²) in [5, 5.41) is 6.98. The highest BCUT2D eigenvalue weighted by molar-refractivity contribution is 7.09. The summed E-state index contributed by atoms with van der Waals surface area (Å²) in [5.41, 5.74) is 3.74. The van der Waals surface area contributed by atoms with Crippen LogP contribution >= 0.6 is 11.3 Å². The molecule has 0 aliphatic carbocycles. The Morgan fingerprint density at radius 1 is 1.32 bits per heavy atom. The molecule has 0 spiro atoms. The minimum atomic E-state index is 0.640. The number of hydrogen-bond acceptors (Lipinski definition) is 3. The van der Waals surface area contributed by atoms with Gasteiger partial charge < -0.3 is 5.32 Å². The van der Waals surface area contributed by atoms with Crippen molar-refractivity contribution in [3.8, 4) is 11.3 Å². The SMILES string of the molecule is CCc1ccc(-c2csc(CC3CCCN3)n2)cc1. The standard InChI is InChI=1S/C16H20N2S/c1-2-12-5-7-13(8-6-12)15-11-19-16(18-15)10-14-4-3-9-17-14/h5-8,11,14,17H,2-4,9-10H2,1H3. The Hall–Kier alpha value is -1.19. The predicted molar refractivity (Wildman–Crippen MR) is 81.7 cm³/mol. The largest absolute Gasteiger partial charge is 0.314 e. The topological polar surface area (TPSA) is 24.9 Å². The monoisotopic (exact) mass is 272 g/mol. The first-order valence-corrected chi connectivity index (χ1v) is 8.00. The molecule has 1 aromatic heterocycles. The molecule has 2 aromatic rings. The van der Waals surface area contributed by atoms with Crippen molar-refractivity contribution in [3.05, 3.63) is 40.2 Å². The second-order valence-electron chi connectivity index (χ2n) is 5.17. The van der Waals surface area contributed by atoms with Gasteiger partial charge >= 0.3 is 0 Å². The lowest BCUT2D eigenvalue weighted by Crippen LogP contribution is -2.23. The molecule has 2 nitrogen and oxygen atoms in total. The zero-order chi connectivity index (χ0) is 13.1. The van der Waals surface area contributed by atoms with Crippen LogP contribution in [-0.2, 0) is 12.8 Å². The Morgan fingerprint density at radius 3 is 2.84 bits per heavy atom. The number of rotatable bonds is 4. The number of aromatic nitrogens is 1. The van der Waals surface area contributed by atoms with Crippen LogP contribution in [0.5, 0.6) is 0 Å². The molecule has 1 saturated heterocycles. The van der Waals surface area contributed by atoms with Crippen LogP contribution < -0.4 is 5.32 Å². The Labute approximate surface area is 118 Å². The van der Waals surface area contributed by atoms with E-state index >= 15 is 0 Å². The first-order valence-electron chi connectivity index (χ1n) is 7.12. The van der Waals surface area contributed by atoms with Crippen molar-refractivity contribution in [1.82, 2.24) is 10.3 Å². The maximum Gasteiger partial charge on any atom is 0.0948 e. The van der Waals surface area contributed by atoms with Crippen LogP contribution in [0.3, 0.4) is 0 Å². The van der Waals surface area contributed by atoms with Gasteiger partial charge in [-0.3, -0.25) is 0 Å². The molecular weight excluding hydrogens is 252 g/mol. The first kappa shape index (κ1) is 12.8. The van der Waals surface area contributed by atoms with E-state index in [1.807, 2.05) is 0 Å². The third kappa shape index (κ3) is 3.04. The fourth-order valence-electron chi connectivity index (χ4n) is 2.59. The normalized spacial score (nSPS) is 18.9. The lowest BCUT2D eigenvalue weighted by atomic mass is 10.1. The quantitative estimate of drug-likeness (QED) is 0.918. The fourth-order valence-corrected chi connectivity index (χ4v) is 3.48. The van der Waals surface area contributed by atoms with Crippen LogP contribution in [0.4, 0.5) is 0 Å². The third-order valence-corrected chi connectivity index (χ3v) is 4.66. The molecule has 19 heavy (non-hydrogen) atoms. The molecule has 3 rings (SSSR count). The zero-order valence-electron chi connectivity index (χ0n) is 11.4. The first-order chi connectivity index (χ1) is 9.35. The molecule has 1 aliphatic heterocycles. The van der Waals surface area contributed by atoms with Crippen LogP contribution in [0.1, 0.15) is 30.3 Å². The average molecular weight is 272 g/mol. The molecule has 2 heterocycles. The van der Waals surface area contributed by atoms with E-state index in [1.54, 1.807) is 11.3 Å². The van der Waals surface area contributed by atoms with Crippen molar-refractivity contribution < 1.29 is 0 Å². The molecule has 1 fully saturated rings. The van der Waals surface area contributed by atoms with Crippen LogP contribution in [0.25, 0.3) is 11.3 Å². The van der Waals surface area contributed by atoms with Crippen molar-refractivity contribution >= 4 is 11.3 Å². The predicted octanol–water partition coefficient (Wildman–Crippen LogP) is 3.67. The molecule has 0 bridgehead atoms. The number of thiazole rings is 1. The smallest absolute Gasteiger partial charge is 0.0948 e. The molecule has 0 amide bonds. The lowest BCUT2D eigenvalue weighted by molar-refractivity contribution is 0.601. The molecule has 1 N–H and O–H groups in total. The van der Waals surface area contributed by atoms with Gasteiger partial charge in [0.25, 0.3) is 0 Å². The van der Waals surface area contributed by atoms with E-state index < -0.39 is 0 Å². The summed E-state index contributed by atoms with van der Waals surface area (Å²) in [4.78, 5) is 4.78. The highest BCUT2D eigenvalue weighted by Gasteiger charge is 2.16. The second-order valence-corrected chi connectivity index (χ2v) is 6.12. The van der Waals surface area contributed by atoms with E-state index in [0.29, 0.717) is 6.04 Å². The molecule has 100 valence electrons. The Morgan fingerprint density at radius 2 is 2.16 bits per heavy atom. The highest BCUT2D eigenvalue weighted by atomic mass is 32.1. The molecule has 0 radical (unpaired) electrons.